The number of hydrogen-bond acceptors (Lipinski definition) is 1. The van der Waals surface area contributed by atoms with E-state index in [0.29, 0.717) is 5.41 Å². The van der Waals surface area contributed by atoms with E-state index in [1.54, 1.807) is 0 Å². The molecular weight excluding hydrogens is 176 g/mol. The number of carbonyl (C=O) groups excluding carboxylic acids is 1. The molecule has 3 nitrogen and oxygen atoms in total. The molecule has 0 bridgehead atoms. The Morgan fingerprint density at radius 1 is 1.29 bits per heavy atom. The summed E-state index contributed by atoms with van der Waals surface area (Å²) in [5.74, 6) is 0. The van der Waals surface area contributed by atoms with E-state index in [4.69, 9.17) is 0 Å². The number of nitrogens with zero attached hydrogens (tertiary/aromatic N) is 1. The van der Waals surface area contributed by atoms with Gasteiger partial charge in [0.2, 0.25) is 0 Å². The molecule has 0 spiro atoms. The normalized spacial score (nSPS) is 17.6. The summed E-state index contributed by atoms with van der Waals surface area (Å²) in [4.78, 5) is 13.4. The fraction of sp³-hybridized carbons (Fsp3) is 0.909. The Hall–Kier alpha value is -0.730. The third-order valence-electron chi connectivity index (χ3n) is 3.37. The van der Waals surface area contributed by atoms with Crippen LogP contribution >= 0.6 is 0 Å². The van der Waals surface area contributed by atoms with Gasteiger partial charge in [-0.3, -0.25) is 0 Å². The lowest BCUT2D eigenvalue weighted by Crippen LogP contribution is -2.41. The first-order valence-electron chi connectivity index (χ1n) is 5.70. The van der Waals surface area contributed by atoms with E-state index in [1.165, 1.54) is 19.3 Å². The molecule has 14 heavy (non-hydrogen) atoms. The molecule has 1 N–H and O–H groups in total. The monoisotopic (exact) mass is 198 g/mol. The summed E-state index contributed by atoms with van der Waals surface area (Å²) < 4.78 is 0. The summed E-state index contributed by atoms with van der Waals surface area (Å²) in [5, 5.41) is 3.03. The Bertz CT molecular complexity index is 195. The Balaban J connectivity index is 2.27. The standard InChI is InChI=1S/C11H22N2O/c1-4-11(7-8-11)9-12-10(14)13(5-2)6-3/h4-9H2,1-3H3,(H,12,14). The molecule has 0 unspecified atom stereocenters. The molecule has 0 aromatic rings. The highest BCUT2D eigenvalue weighted by molar-refractivity contribution is 5.74. The van der Waals surface area contributed by atoms with Gasteiger partial charge >= 0.3 is 6.03 Å². The minimum atomic E-state index is 0.0923. The number of hydrogen-bond donors (Lipinski definition) is 1. The van der Waals surface area contributed by atoms with Gasteiger partial charge < -0.3 is 10.2 Å². The maximum Gasteiger partial charge on any atom is 0.317 e. The topological polar surface area (TPSA) is 32.3 Å². The van der Waals surface area contributed by atoms with Gasteiger partial charge in [-0.15, -0.1) is 0 Å². The summed E-state index contributed by atoms with van der Waals surface area (Å²) in [7, 11) is 0. The van der Waals surface area contributed by atoms with Gasteiger partial charge in [0.15, 0.2) is 0 Å². The van der Waals surface area contributed by atoms with Gasteiger partial charge in [-0.05, 0) is 38.5 Å². The molecule has 2 amide bonds. The molecule has 0 atom stereocenters. The van der Waals surface area contributed by atoms with Gasteiger partial charge in [0.05, 0.1) is 0 Å². The zero-order valence-corrected chi connectivity index (χ0v) is 9.60. The first-order valence-corrected chi connectivity index (χ1v) is 5.70. The van der Waals surface area contributed by atoms with Crippen molar-refractivity contribution < 1.29 is 4.79 Å². The number of amides is 2. The van der Waals surface area contributed by atoms with Crippen LogP contribution in [0.2, 0.25) is 0 Å². The largest absolute Gasteiger partial charge is 0.337 e. The van der Waals surface area contributed by atoms with Crippen molar-refractivity contribution in [3.63, 3.8) is 0 Å². The zero-order chi connectivity index (χ0) is 10.6. The quantitative estimate of drug-likeness (QED) is 0.722. The van der Waals surface area contributed by atoms with Gasteiger partial charge in [-0.25, -0.2) is 4.79 Å². The van der Waals surface area contributed by atoms with E-state index < -0.39 is 0 Å². The van der Waals surface area contributed by atoms with Crippen LogP contribution < -0.4 is 5.32 Å². The van der Waals surface area contributed by atoms with E-state index in [9.17, 15) is 4.79 Å². The van der Waals surface area contributed by atoms with Gasteiger partial charge in [-0.1, -0.05) is 6.92 Å². The molecule has 1 saturated carbocycles. The first kappa shape index (κ1) is 11.3. The maximum absolute atomic E-state index is 11.6. The molecule has 1 rings (SSSR count). The minimum absolute atomic E-state index is 0.0923. The van der Waals surface area contributed by atoms with E-state index in [1.807, 2.05) is 18.7 Å². The van der Waals surface area contributed by atoms with Crippen molar-refractivity contribution in [2.75, 3.05) is 19.6 Å². The highest BCUT2D eigenvalue weighted by Gasteiger charge is 2.40. The van der Waals surface area contributed by atoms with Crippen LogP contribution in [-0.2, 0) is 0 Å². The summed E-state index contributed by atoms with van der Waals surface area (Å²) in [6.45, 7) is 8.67. The molecule has 1 aliphatic rings. The van der Waals surface area contributed by atoms with Crippen LogP contribution in [0.1, 0.15) is 40.0 Å². The third-order valence-corrected chi connectivity index (χ3v) is 3.37. The van der Waals surface area contributed by atoms with E-state index >= 15 is 0 Å². The van der Waals surface area contributed by atoms with E-state index in [0.717, 1.165) is 19.6 Å². The van der Waals surface area contributed by atoms with Crippen molar-refractivity contribution in [3.05, 3.63) is 0 Å². The molecule has 0 heterocycles. The zero-order valence-electron chi connectivity index (χ0n) is 9.60. The van der Waals surface area contributed by atoms with Crippen LogP contribution in [-0.4, -0.2) is 30.6 Å². The van der Waals surface area contributed by atoms with Crippen LogP contribution in [0, 0.1) is 5.41 Å². The van der Waals surface area contributed by atoms with Crippen molar-refractivity contribution in [2.24, 2.45) is 5.41 Å². The van der Waals surface area contributed by atoms with Crippen LogP contribution in [0.5, 0.6) is 0 Å². The van der Waals surface area contributed by atoms with Crippen molar-refractivity contribution >= 4 is 6.03 Å². The SMILES string of the molecule is CCN(CC)C(=O)NCC1(CC)CC1. The fourth-order valence-corrected chi connectivity index (χ4v) is 1.72. The second kappa shape index (κ2) is 4.67. The fourth-order valence-electron chi connectivity index (χ4n) is 1.72. The highest BCUT2D eigenvalue weighted by Crippen LogP contribution is 2.47. The maximum atomic E-state index is 11.6. The highest BCUT2D eigenvalue weighted by atomic mass is 16.2. The number of carbonyl (C=O) groups is 1. The second-order valence-corrected chi connectivity index (χ2v) is 4.18. The first-order chi connectivity index (χ1) is 6.67. The predicted molar refractivity (Wildman–Crippen MR) is 58.3 cm³/mol. The van der Waals surface area contributed by atoms with Crippen molar-refractivity contribution in [1.82, 2.24) is 10.2 Å². The van der Waals surface area contributed by atoms with Gasteiger partial charge in [0.25, 0.3) is 0 Å². The molecule has 0 aliphatic heterocycles. The second-order valence-electron chi connectivity index (χ2n) is 4.18. The Morgan fingerprint density at radius 3 is 2.21 bits per heavy atom. The Kier molecular flexibility index (Phi) is 3.78. The number of nitrogens with one attached hydrogen (secondary N) is 1. The summed E-state index contributed by atoms with van der Waals surface area (Å²) in [6, 6.07) is 0.0923. The van der Waals surface area contributed by atoms with Gasteiger partial charge in [0.1, 0.15) is 0 Å². The number of rotatable bonds is 5. The van der Waals surface area contributed by atoms with Crippen molar-refractivity contribution in [2.45, 2.75) is 40.0 Å². The summed E-state index contributed by atoms with van der Waals surface area (Å²) >= 11 is 0. The molecule has 0 saturated heterocycles. The lowest BCUT2D eigenvalue weighted by Gasteiger charge is -2.21. The lowest BCUT2D eigenvalue weighted by molar-refractivity contribution is 0.200. The average Bonchev–Trinajstić information content (AvgIpc) is 2.97. The molecule has 0 aromatic carbocycles. The predicted octanol–water partition coefficient (Wildman–Crippen LogP) is 2.23. The van der Waals surface area contributed by atoms with Crippen LogP contribution in [0.4, 0.5) is 4.79 Å². The smallest absolute Gasteiger partial charge is 0.317 e. The minimum Gasteiger partial charge on any atom is -0.337 e. The van der Waals surface area contributed by atoms with Crippen LogP contribution in [0.25, 0.3) is 0 Å². The molecule has 1 aliphatic carbocycles. The van der Waals surface area contributed by atoms with Gasteiger partial charge in [0, 0.05) is 19.6 Å². The summed E-state index contributed by atoms with van der Waals surface area (Å²) in [6.07, 6.45) is 3.75. The third kappa shape index (κ3) is 2.63. The average molecular weight is 198 g/mol. The lowest BCUT2D eigenvalue weighted by atomic mass is 10.0. The molecular formula is C11H22N2O. The molecule has 0 radical (unpaired) electrons. The Labute approximate surface area is 86.9 Å². The molecule has 3 heteroatoms. The Morgan fingerprint density at radius 2 is 1.86 bits per heavy atom. The molecule has 1 fully saturated rings. The van der Waals surface area contributed by atoms with Crippen LogP contribution in [0.15, 0.2) is 0 Å². The van der Waals surface area contributed by atoms with E-state index in [2.05, 4.69) is 12.2 Å². The van der Waals surface area contributed by atoms with E-state index in [-0.39, 0.29) is 6.03 Å². The molecule has 82 valence electrons. The number of urea groups is 1. The van der Waals surface area contributed by atoms with Crippen molar-refractivity contribution in [1.29, 1.82) is 0 Å². The van der Waals surface area contributed by atoms with Crippen molar-refractivity contribution in [3.8, 4) is 0 Å². The summed E-state index contributed by atoms with van der Waals surface area (Å²) in [5.41, 5.74) is 0.447. The van der Waals surface area contributed by atoms with Crippen LogP contribution in [0.3, 0.4) is 0 Å². The van der Waals surface area contributed by atoms with Gasteiger partial charge in [-0.2, -0.15) is 0 Å². The molecule has 0 aromatic heterocycles.